The Labute approximate surface area is 148 Å². The molecule has 0 saturated heterocycles. The Bertz CT molecular complexity index is 572. The molecule has 0 radical (unpaired) electrons. The fourth-order valence-electron chi connectivity index (χ4n) is 1.53. The molecule has 0 bridgehead atoms. The highest BCUT2D eigenvalue weighted by atomic mass is 32.1. The van der Waals surface area contributed by atoms with Crippen molar-refractivity contribution in [3.05, 3.63) is 11.6 Å². The number of thiocarbonyl (C=S) groups is 4. The smallest absolute Gasteiger partial charge is 0.319 e. The van der Waals surface area contributed by atoms with Crippen LogP contribution in [0.15, 0.2) is 0 Å². The molecular weight excluding hydrogens is 362 g/mol. The third kappa shape index (κ3) is 4.19. The van der Waals surface area contributed by atoms with Gasteiger partial charge in [0.2, 0.25) is 0 Å². The van der Waals surface area contributed by atoms with Crippen LogP contribution in [0.5, 0.6) is 6.01 Å². The van der Waals surface area contributed by atoms with Crippen LogP contribution in [-0.2, 0) is 0 Å². The number of ether oxygens (including phenoxy) is 1. The minimum atomic E-state index is -0.834. The van der Waals surface area contributed by atoms with Gasteiger partial charge >= 0.3 is 6.01 Å². The van der Waals surface area contributed by atoms with Gasteiger partial charge in [0.25, 0.3) is 0 Å². The predicted molar refractivity (Wildman–Crippen MR) is 99.0 cm³/mol. The number of hydrogen-bond acceptors (Lipinski definition) is 8. The molecule has 0 saturated carbocycles. The molecule has 0 atom stereocenters. The van der Waals surface area contributed by atoms with E-state index in [0.717, 1.165) is 0 Å². The summed E-state index contributed by atoms with van der Waals surface area (Å²) >= 11 is 19.7. The molecule has 0 spiro atoms. The topological polar surface area (TPSA) is 152 Å². The standard InChI is InChI=1S/C10H13N7OS4/c1-18-10-16-8(2(4(11)19)5(12)20)15-9(17-10)3(6(13)21)7(14)22/h2-3H,1H3,(H2,11,19)(H2,12,20)(H2,13,21)(H2,14,22). The summed E-state index contributed by atoms with van der Waals surface area (Å²) in [6, 6.07) is -0.0185. The van der Waals surface area contributed by atoms with Gasteiger partial charge in [-0.2, -0.15) is 9.97 Å². The number of rotatable bonds is 7. The number of hydrogen-bond donors (Lipinski definition) is 4. The number of nitrogens with zero attached hydrogens (tertiary/aromatic N) is 3. The molecule has 0 aliphatic carbocycles. The summed E-state index contributed by atoms with van der Waals surface area (Å²) in [6.07, 6.45) is 0. The average molecular weight is 376 g/mol. The second-order valence-electron chi connectivity index (χ2n) is 4.01. The van der Waals surface area contributed by atoms with Gasteiger partial charge in [-0.05, 0) is 0 Å². The van der Waals surface area contributed by atoms with Gasteiger partial charge in [-0.15, -0.1) is 0 Å². The van der Waals surface area contributed by atoms with Crippen molar-refractivity contribution in [3.8, 4) is 6.01 Å². The van der Waals surface area contributed by atoms with E-state index in [-0.39, 0.29) is 37.6 Å². The Hall–Kier alpha value is -1.63. The molecule has 12 heteroatoms. The lowest BCUT2D eigenvalue weighted by Crippen LogP contribution is -2.35. The maximum Gasteiger partial charge on any atom is 0.319 e. The Kier molecular flexibility index (Phi) is 6.34. The van der Waals surface area contributed by atoms with Crippen molar-refractivity contribution in [1.29, 1.82) is 0 Å². The van der Waals surface area contributed by atoms with Crippen molar-refractivity contribution >= 4 is 68.8 Å². The van der Waals surface area contributed by atoms with Crippen LogP contribution in [-0.4, -0.2) is 42.0 Å². The minimum absolute atomic E-state index is 0.00824. The highest BCUT2D eigenvalue weighted by Gasteiger charge is 2.27. The fraction of sp³-hybridized carbons (Fsp3) is 0.300. The first-order valence-electron chi connectivity index (χ1n) is 5.66. The lowest BCUT2D eigenvalue weighted by Gasteiger charge is -2.17. The molecule has 118 valence electrons. The van der Waals surface area contributed by atoms with Crippen LogP contribution >= 0.6 is 48.9 Å². The van der Waals surface area contributed by atoms with E-state index in [1.54, 1.807) is 0 Å². The van der Waals surface area contributed by atoms with Crippen LogP contribution in [0.3, 0.4) is 0 Å². The SMILES string of the molecule is COc1nc(C(C(N)=S)C(N)=S)nc(C(C(N)=S)C(N)=S)n1. The zero-order valence-electron chi connectivity index (χ0n) is 11.3. The second kappa shape index (κ2) is 7.58. The Morgan fingerprint density at radius 1 is 0.773 bits per heavy atom. The monoisotopic (exact) mass is 375 g/mol. The molecule has 1 aromatic rings. The van der Waals surface area contributed by atoms with E-state index < -0.39 is 11.8 Å². The van der Waals surface area contributed by atoms with Crippen LogP contribution in [0.4, 0.5) is 0 Å². The largest absolute Gasteiger partial charge is 0.467 e. The Morgan fingerprint density at radius 2 is 1.09 bits per heavy atom. The molecule has 0 fully saturated rings. The molecule has 8 N–H and O–H groups in total. The van der Waals surface area contributed by atoms with Crippen molar-refractivity contribution in [2.45, 2.75) is 11.8 Å². The summed E-state index contributed by atoms with van der Waals surface area (Å²) in [7, 11) is 1.37. The summed E-state index contributed by atoms with van der Waals surface area (Å²) in [5.41, 5.74) is 22.5. The lowest BCUT2D eigenvalue weighted by molar-refractivity contribution is 0.373. The molecule has 0 unspecified atom stereocenters. The van der Waals surface area contributed by atoms with Crippen LogP contribution < -0.4 is 27.7 Å². The third-order valence-corrected chi connectivity index (χ3v) is 3.43. The summed E-state index contributed by atoms with van der Waals surface area (Å²) in [6.45, 7) is 0. The zero-order valence-corrected chi connectivity index (χ0v) is 14.6. The van der Waals surface area contributed by atoms with Gasteiger partial charge in [0.15, 0.2) is 11.6 Å². The number of nitrogens with two attached hydrogens (primary N) is 4. The van der Waals surface area contributed by atoms with Crippen molar-refractivity contribution in [1.82, 2.24) is 15.0 Å². The zero-order chi connectivity index (χ0) is 17.0. The van der Waals surface area contributed by atoms with Gasteiger partial charge in [0.05, 0.1) is 27.1 Å². The van der Waals surface area contributed by atoms with E-state index in [9.17, 15) is 0 Å². The first-order valence-corrected chi connectivity index (χ1v) is 7.29. The van der Waals surface area contributed by atoms with E-state index >= 15 is 0 Å². The van der Waals surface area contributed by atoms with Crippen molar-refractivity contribution in [2.75, 3.05) is 7.11 Å². The first kappa shape index (κ1) is 18.4. The Morgan fingerprint density at radius 3 is 1.32 bits per heavy atom. The fourth-order valence-corrected chi connectivity index (χ4v) is 2.61. The average Bonchev–Trinajstić information content (AvgIpc) is 2.36. The second-order valence-corrected chi connectivity index (χ2v) is 5.90. The maximum atomic E-state index is 5.63. The highest BCUT2D eigenvalue weighted by molar-refractivity contribution is 7.82. The lowest BCUT2D eigenvalue weighted by atomic mass is 10.1. The maximum absolute atomic E-state index is 5.63. The van der Waals surface area contributed by atoms with Crippen molar-refractivity contribution in [3.63, 3.8) is 0 Å². The molecule has 0 aromatic carbocycles. The number of aromatic nitrogens is 3. The molecule has 8 nitrogen and oxygen atoms in total. The summed E-state index contributed by atoms with van der Waals surface area (Å²) < 4.78 is 5.02. The summed E-state index contributed by atoms with van der Waals surface area (Å²) in [4.78, 5) is 12.3. The highest BCUT2D eigenvalue weighted by Crippen LogP contribution is 2.20. The van der Waals surface area contributed by atoms with Gasteiger partial charge < -0.3 is 27.7 Å². The van der Waals surface area contributed by atoms with E-state index in [4.69, 9.17) is 76.5 Å². The molecule has 1 heterocycles. The van der Waals surface area contributed by atoms with Crippen LogP contribution in [0.2, 0.25) is 0 Å². The van der Waals surface area contributed by atoms with E-state index in [2.05, 4.69) is 15.0 Å². The van der Waals surface area contributed by atoms with Gasteiger partial charge in [0, 0.05) is 0 Å². The predicted octanol–water partition coefficient (Wildman–Crippen LogP) is -0.808. The van der Waals surface area contributed by atoms with Gasteiger partial charge in [-0.1, -0.05) is 48.9 Å². The molecular formula is C10H13N7OS4. The molecule has 0 amide bonds. The molecule has 1 aromatic heterocycles. The van der Waals surface area contributed by atoms with Gasteiger partial charge in [-0.3, -0.25) is 0 Å². The minimum Gasteiger partial charge on any atom is -0.467 e. The quantitative estimate of drug-likeness (QED) is 0.441. The van der Waals surface area contributed by atoms with Crippen LogP contribution in [0, 0.1) is 0 Å². The summed E-state index contributed by atoms with van der Waals surface area (Å²) in [5, 5.41) is 0. The first-order chi connectivity index (χ1) is 10.2. The van der Waals surface area contributed by atoms with Crippen molar-refractivity contribution in [2.24, 2.45) is 22.9 Å². The third-order valence-electron chi connectivity index (χ3n) is 2.49. The molecule has 1 rings (SSSR count). The molecule has 0 aliphatic rings. The molecule has 22 heavy (non-hydrogen) atoms. The number of methoxy groups -OCH3 is 1. The van der Waals surface area contributed by atoms with E-state index in [1.165, 1.54) is 7.11 Å². The summed E-state index contributed by atoms with van der Waals surface area (Å²) in [5.74, 6) is -1.45. The van der Waals surface area contributed by atoms with Gasteiger partial charge in [0.1, 0.15) is 11.8 Å². The Balaban J connectivity index is 3.53. The van der Waals surface area contributed by atoms with E-state index in [1.807, 2.05) is 0 Å². The molecule has 0 aliphatic heterocycles. The normalized spacial score (nSPS) is 10.5. The van der Waals surface area contributed by atoms with Crippen molar-refractivity contribution < 1.29 is 4.74 Å². The van der Waals surface area contributed by atoms with Crippen LogP contribution in [0.1, 0.15) is 23.5 Å². The van der Waals surface area contributed by atoms with Gasteiger partial charge in [-0.25, -0.2) is 4.98 Å². The van der Waals surface area contributed by atoms with E-state index in [0.29, 0.717) is 0 Å². The van der Waals surface area contributed by atoms with Crippen LogP contribution in [0.25, 0.3) is 0 Å².